The van der Waals surface area contributed by atoms with Gasteiger partial charge in [0.05, 0.1) is 23.8 Å². The van der Waals surface area contributed by atoms with Gasteiger partial charge in [-0.2, -0.15) is 0 Å². The van der Waals surface area contributed by atoms with E-state index < -0.39 is 4.92 Å². The minimum absolute atomic E-state index is 0.113. The fourth-order valence-corrected chi connectivity index (χ4v) is 2.27. The highest BCUT2D eigenvalue weighted by Gasteiger charge is 2.13. The van der Waals surface area contributed by atoms with Crippen molar-refractivity contribution in [2.24, 2.45) is 0 Å². The maximum Gasteiger partial charge on any atom is 0.273 e. The third-order valence-corrected chi connectivity index (χ3v) is 3.50. The van der Waals surface area contributed by atoms with Gasteiger partial charge in [-0.15, -0.1) is 0 Å². The molecule has 2 rings (SSSR count). The summed E-state index contributed by atoms with van der Waals surface area (Å²) >= 11 is 0. The van der Waals surface area contributed by atoms with Gasteiger partial charge < -0.3 is 14.8 Å². The summed E-state index contributed by atoms with van der Waals surface area (Å²) in [5.41, 5.74) is 1.45. The van der Waals surface area contributed by atoms with Crippen LogP contribution in [0.15, 0.2) is 42.5 Å². The molecule has 0 atom stereocenters. The molecule has 132 valence electrons. The number of anilines is 1. The first-order chi connectivity index (χ1) is 12.0. The lowest BCUT2D eigenvalue weighted by atomic mass is 10.1. The van der Waals surface area contributed by atoms with Gasteiger partial charge in [0.1, 0.15) is 11.5 Å². The maximum absolute atomic E-state index is 12.0. The summed E-state index contributed by atoms with van der Waals surface area (Å²) in [6.07, 6.45) is 2.07. The van der Waals surface area contributed by atoms with Crippen LogP contribution in [-0.2, 0) is 11.2 Å². The Hall–Kier alpha value is -3.09. The van der Waals surface area contributed by atoms with E-state index in [1.54, 1.807) is 0 Å². The number of nitrogens with zero attached hydrogens (tertiary/aromatic N) is 1. The number of benzene rings is 2. The van der Waals surface area contributed by atoms with E-state index in [0.29, 0.717) is 11.4 Å². The molecule has 0 bridgehead atoms. The van der Waals surface area contributed by atoms with Crippen molar-refractivity contribution in [1.29, 1.82) is 0 Å². The summed E-state index contributed by atoms with van der Waals surface area (Å²) in [7, 11) is 1.38. The number of nitro groups is 1. The molecule has 2 aromatic carbocycles. The predicted octanol–water partition coefficient (Wildman–Crippen LogP) is 3.57. The number of hydrogen-bond acceptors (Lipinski definition) is 5. The van der Waals surface area contributed by atoms with E-state index in [-0.39, 0.29) is 24.0 Å². The number of rotatable bonds is 8. The van der Waals surface area contributed by atoms with Crippen molar-refractivity contribution in [3.8, 4) is 11.5 Å². The second kappa shape index (κ2) is 8.68. The number of nitro benzene ring substituents is 1. The zero-order chi connectivity index (χ0) is 18.2. The first-order valence-electron chi connectivity index (χ1n) is 7.87. The Morgan fingerprint density at radius 2 is 1.92 bits per heavy atom. The first-order valence-corrected chi connectivity index (χ1v) is 7.87. The summed E-state index contributed by atoms with van der Waals surface area (Å²) in [4.78, 5) is 22.3. The van der Waals surface area contributed by atoms with Gasteiger partial charge in [-0.25, -0.2) is 0 Å². The zero-order valence-corrected chi connectivity index (χ0v) is 14.2. The molecule has 1 N–H and O–H groups in total. The fraction of sp³-hybridized carbons (Fsp3) is 0.278. The highest BCUT2D eigenvalue weighted by Crippen LogP contribution is 2.28. The van der Waals surface area contributed by atoms with Crippen molar-refractivity contribution in [2.45, 2.75) is 19.8 Å². The number of non-ortho nitro benzene ring substituents is 1. The number of hydrogen-bond donors (Lipinski definition) is 1. The molecular formula is C18H20N2O5. The van der Waals surface area contributed by atoms with Crippen LogP contribution in [0.2, 0.25) is 0 Å². The van der Waals surface area contributed by atoms with Gasteiger partial charge in [0.2, 0.25) is 0 Å². The van der Waals surface area contributed by atoms with E-state index in [9.17, 15) is 14.9 Å². The Morgan fingerprint density at radius 3 is 2.52 bits per heavy atom. The molecule has 0 saturated heterocycles. The Morgan fingerprint density at radius 1 is 1.20 bits per heavy atom. The van der Waals surface area contributed by atoms with E-state index in [0.717, 1.165) is 12.8 Å². The quantitative estimate of drug-likeness (QED) is 0.584. The van der Waals surface area contributed by atoms with Crippen molar-refractivity contribution in [2.75, 3.05) is 19.0 Å². The fourth-order valence-electron chi connectivity index (χ4n) is 2.27. The molecule has 0 aliphatic heterocycles. The van der Waals surface area contributed by atoms with Crippen LogP contribution in [0.4, 0.5) is 11.4 Å². The number of nitrogens with one attached hydrogen (secondary N) is 1. The van der Waals surface area contributed by atoms with Crippen LogP contribution in [0.1, 0.15) is 18.9 Å². The van der Waals surface area contributed by atoms with Crippen molar-refractivity contribution in [3.05, 3.63) is 58.1 Å². The lowest BCUT2D eigenvalue weighted by Crippen LogP contribution is -2.20. The normalized spacial score (nSPS) is 10.2. The Balaban J connectivity index is 1.94. The van der Waals surface area contributed by atoms with Gasteiger partial charge in [0.15, 0.2) is 6.61 Å². The molecule has 0 radical (unpaired) electrons. The molecule has 0 unspecified atom stereocenters. The average Bonchev–Trinajstić information content (AvgIpc) is 2.61. The Labute approximate surface area is 145 Å². The lowest BCUT2D eigenvalue weighted by Gasteiger charge is -2.11. The zero-order valence-electron chi connectivity index (χ0n) is 14.2. The summed E-state index contributed by atoms with van der Waals surface area (Å²) < 4.78 is 10.5. The van der Waals surface area contributed by atoms with Crippen LogP contribution in [0, 0.1) is 10.1 Å². The topological polar surface area (TPSA) is 90.7 Å². The minimum atomic E-state index is -0.528. The van der Waals surface area contributed by atoms with Crippen LogP contribution in [-0.4, -0.2) is 24.5 Å². The second-order valence-electron chi connectivity index (χ2n) is 5.37. The van der Waals surface area contributed by atoms with Crippen molar-refractivity contribution in [1.82, 2.24) is 0 Å². The van der Waals surface area contributed by atoms with E-state index in [2.05, 4.69) is 12.2 Å². The van der Waals surface area contributed by atoms with Crippen molar-refractivity contribution < 1.29 is 19.2 Å². The average molecular weight is 344 g/mol. The second-order valence-corrected chi connectivity index (χ2v) is 5.37. The third kappa shape index (κ3) is 5.20. The smallest absolute Gasteiger partial charge is 0.273 e. The minimum Gasteiger partial charge on any atom is -0.494 e. The van der Waals surface area contributed by atoms with E-state index in [1.165, 1.54) is 30.9 Å². The molecule has 0 aromatic heterocycles. The van der Waals surface area contributed by atoms with Gasteiger partial charge in [0, 0.05) is 6.07 Å². The number of carbonyl (C=O) groups excluding carboxylic acids is 1. The van der Waals surface area contributed by atoms with Gasteiger partial charge in [0.25, 0.3) is 11.6 Å². The van der Waals surface area contributed by atoms with Crippen molar-refractivity contribution in [3.63, 3.8) is 0 Å². The molecule has 0 aliphatic rings. The molecule has 0 aliphatic carbocycles. The number of aryl methyl sites for hydroxylation is 1. The number of ether oxygens (including phenoxy) is 2. The molecule has 0 saturated carbocycles. The summed E-state index contributed by atoms with van der Waals surface area (Å²) in [6, 6.07) is 11.6. The molecule has 0 spiro atoms. The van der Waals surface area contributed by atoms with Gasteiger partial charge >= 0.3 is 0 Å². The van der Waals surface area contributed by atoms with Gasteiger partial charge in [-0.3, -0.25) is 14.9 Å². The highest BCUT2D eigenvalue weighted by atomic mass is 16.6. The molecule has 25 heavy (non-hydrogen) atoms. The van der Waals surface area contributed by atoms with Gasteiger partial charge in [-0.1, -0.05) is 25.5 Å². The largest absolute Gasteiger partial charge is 0.494 e. The molecular weight excluding hydrogens is 324 g/mol. The standard InChI is InChI=1S/C18H20N2O5/c1-3-4-13-5-8-15(9-6-13)25-12-18(21)19-16-10-7-14(20(22)23)11-17(16)24-2/h5-11H,3-4,12H2,1-2H3,(H,19,21). The van der Waals surface area contributed by atoms with E-state index in [4.69, 9.17) is 9.47 Å². The molecule has 0 fully saturated rings. The van der Waals surface area contributed by atoms with Crippen molar-refractivity contribution >= 4 is 17.3 Å². The van der Waals surface area contributed by atoms with Crippen LogP contribution in [0.25, 0.3) is 0 Å². The van der Waals surface area contributed by atoms with E-state index in [1.807, 2.05) is 24.3 Å². The van der Waals surface area contributed by atoms with Gasteiger partial charge in [-0.05, 0) is 30.2 Å². The Kier molecular flexibility index (Phi) is 6.33. The lowest BCUT2D eigenvalue weighted by molar-refractivity contribution is -0.384. The number of carbonyl (C=O) groups is 1. The maximum atomic E-state index is 12.0. The SMILES string of the molecule is CCCc1ccc(OCC(=O)Nc2ccc([N+](=O)[O-])cc2OC)cc1. The summed E-state index contributed by atoms with van der Waals surface area (Å²) in [5.74, 6) is 0.432. The molecule has 7 heteroatoms. The number of amides is 1. The van der Waals surface area contributed by atoms with Crippen LogP contribution >= 0.6 is 0 Å². The summed E-state index contributed by atoms with van der Waals surface area (Å²) in [6.45, 7) is 1.94. The first kappa shape index (κ1) is 18.3. The molecule has 7 nitrogen and oxygen atoms in total. The molecule has 2 aromatic rings. The number of methoxy groups -OCH3 is 1. The highest BCUT2D eigenvalue weighted by molar-refractivity contribution is 5.93. The predicted molar refractivity (Wildman–Crippen MR) is 94.2 cm³/mol. The van der Waals surface area contributed by atoms with Crippen LogP contribution in [0.5, 0.6) is 11.5 Å². The molecule has 1 amide bonds. The third-order valence-electron chi connectivity index (χ3n) is 3.50. The van der Waals surface area contributed by atoms with E-state index >= 15 is 0 Å². The Bertz CT molecular complexity index is 744. The molecule has 0 heterocycles. The monoisotopic (exact) mass is 344 g/mol. The van der Waals surface area contributed by atoms with Crippen LogP contribution < -0.4 is 14.8 Å². The van der Waals surface area contributed by atoms with Crippen LogP contribution in [0.3, 0.4) is 0 Å². The summed E-state index contributed by atoms with van der Waals surface area (Å²) in [5, 5.41) is 13.4.